The van der Waals surface area contributed by atoms with Gasteiger partial charge in [0.15, 0.2) is 11.6 Å². The number of carbonyl (C=O) groups excluding carboxylic acids is 2. The van der Waals surface area contributed by atoms with Crippen molar-refractivity contribution in [1.82, 2.24) is 4.90 Å². The van der Waals surface area contributed by atoms with Crippen molar-refractivity contribution in [1.29, 1.82) is 0 Å². The molecule has 7 atom stereocenters. The van der Waals surface area contributed by atoms with Crippen molar-refractivity contribution in [3.05, 3.63) is 29.8 Å². The van der Waals surface area contributed by atoms with Crippen LogP contribution in [0.5, 0.6) is 0 Å². The number of piperidine rings is 1. The summed E-state index contributed by atoms with van der Waals surface area (Å²) in [5.74, 6) is -0.370. The number of rotatable bonds is 2. The summed E-state index contributed by atoms with van der Waals surface area (Å²) in [6.45, 7) is 4.75. The first kappa shape index (κ1) is 23.4. The number of nitrogens with zero attached hydrogens (tertiary/aromatic N) is 1. The van der Waals surface area contributed by atoms with Crippen LogP contribution in [0.2, 0.25) is 0 Å². The number of likely N-dealkylation sites (tertiary alicyclic amines) is 1. The number of nitrogens with one attached hydrogen (secondary N) is 1. The third-order valence-corrected chi connectivity index (χ3v) is 11.4. The molecule has 35 heavy (non-hydrogen) atoms. The molecule has 5 fully saturated rings. The molecule has 2 amide bonds. The number of hydrogen-bond acceptors (Lipinski definition) is 2. The zero-order valence-corrected chi connectivity index (χ0v) is 21.2. The summed E-state index contributed by atoms with van der Waals surface area (Å²) >= 11 is 0. The molecule has 1 aromatic carbocycles. The fourth-order valence-electron chi connectivity index (χ4n) is 9.83. The molecule has 1 saturated heterocycles. The molecule has 1 heterocycles. The van der Waals surface area contributed by atoms with Gasteiger partial charge in [0.05, 0.1) is 5.69 Å². The first-order valence-electron chi connectivity index (χ1n) is 13.6. The van der Waals surface area contributed by atoms with E-state index in [4.69, 9.17) is 0 Å². The highest BCUT2D eigenvalue weighted by atomic mass is 19.2. The molecule has 4 unspecified atom stereocenters. The molecule has 5 aliphatic rings. The van der Waals surface area contributed by atoms with Gasteiger partial charge in [-0.05, 0) is 97.5 Å². The van der Waals surface area contributed by atoms with Crippen molar-refractivity contribution < 1.29 is 18.4 Å². The van der Waals surface area contributed by atoms with E-state index < -0.39 is 11.6 Å². The molecule has 1 N–H and O–H groups in total. The van der Waals surface area contributed by atoms with Crippen LogP contribution in [-0.2, 0) is 9.59 Å². The summed E-state index contributed by atoms with van der Waals surface area (Å²) in [5, 5.41) is 2.74. The van der Waals surface area contributed by atoms with Gasteiger partial charge in [0.1, 0.15) is 0 Å². The summed E-state index contributed by atoms with van der Waals surface area (Å²) in [4.78, 5) is 28.3. The average Bonchev–Trinajstić information content (AvgIpc) is 3.58. The van der Waals surface area contributed by atoms with Crippen molar-refractivity contribution in [2.24, 2.45) is 39.9 Å². The Kier molecular flexibility index (Phi) is 5.19. The molecule has 6 heteroatoms. The van der Waals surface area contributed by atoms with E-state index in [2.05, 4.69) is 24.1 Å². The fraction of sp³-hybridized carbons (Fsp3) is 0.724. The van der Waals surface area contributed by atoms with Gasteiger partial charge in [-0.3, -0.25) is 9.59 Å². The van der Waals surface area contributed by atoms with E-state index in [9.17, 15) is 18.4 Å². The number of halogens is 2. The highest BCUT2D eigenvalue weighted by Crippen LogP contribution is 2.73. The Labute approximate surface area is 207 Å². The van der Waals surface area contributed by atoms with Crippen LogP contribution in [0, 0.1) is 51.6 Å². The molecule has 1 spiro atoms. The lowest BCUT2D eigenvalue weighted by molar-refractivity contribution is -0.184. The van der Waals surface area contributed by atoms with Crippen LogP contribution in [0.25, 0.3) is 0 Å². The van der Waals surface area contributed by atoms with Crippen LogP contribution in [0.15, 0.2) is 18.2 Å². The Morgan fingerprint density at radius 3 is 2.51 bits per heavy atom. The lowest BCUT2D eigenvalue weighted by atomic mass is 9.41. The SMILES string of the molecule is CN1C(=O)CC[C@]2(C)C3CC[C@@]4(C)C(CCC[C@@H]4C(=O)Nc4cccc(F)c4F)C3CC3(CC3)C12. The van der Waals surface area contributed by atoms with Gasteiger partial charge >= 0.3 is 0 Å². The van der Waals surface area contributed by atoms with Gasteiger partial charge in [0.2, 0.25) is 11.8 Å². The molecule has 190 valence electrons. The van der Waals surface area contributed by atoms with E-state index in [1.165, 1.54) is 31.4 Å². The molecular weight excluding hydrogens is 446 g/mol. The second-order valence-corrected chi connectivity index (χ2v) is 13.0. The van der Waals surface area contributed by atoms with Gasteiger partial charge in [-0.2, -0.15) is 0 Å². The van der Waals surface area contributed by atoms with Crippen molar-refractivity contribution in [2.75, 3.05) is 12.4 Å². The van der Waals surface area contributed by atoms with Gasteiger partial charge in [-0.15, -0.1) is 0 Å². The van der Waals surface area contributed by atoms with Crippen LogP contribution >= 0.6 is 0 Å². The van der Waals surface area contributed by atoms with Crippen LogP contribution in [0.1, 0.15) is 78.1 Å². The molecule has 4 saturated carbocycles. The number of amides is 2. The highest BCUT2D eigenvalue weighted by Gasteiger charge is 2.69. The maximum absolute atomic E-state index is 14.3. The van der Waals surface area contributed by atoms with Crippen LogP contribution in [0.3, 0.4) is 0 Å². The number of benzene rings is 1. The van der Waals surface area contributed by atoms with Gasteiger partial charge in [-0.1, -0.05) is 26.3 Å². The van der Waals surface area contributed by atoms with Gasteiger partial charge in [0, 0.05) is 25.4 Å². The molecular formula is C29H38F2N2O2. The smallest absolute Gasteiger partial charge is 0.228 e. The first-order valence-corrected chi connectivity index (χ1v) is 13.6. The largest absolute Gasteiger partial charge is 0.342 e. The number of fused-ring (bicyclic) bond motifs is 6. The Hall–Kier alpha value is -1.98. The first-order chi connectivity index (χ1) is 16.6. The number of hydrogen-bond donors (Lipinski definition) is 1. The quantitative estimate of drug-likeness (QED) is 0.546. The fourth-order valence-corrected chi connectivity index (χ4v) is 9.83. The molecule has 0 aromatic heterocycles. The third-order valence-electron chi connectivity index (χ3n) is 11.4. The minimum atomic E-state index is -0.986. The van der Waals surface area contributed by atoms with E-state index in [1.54, 1.807) is 0 Å². The monoisotopic (exact) mass is 484 g/mol. The van der Waals surface area contributed by atoms with E-state index in [1.807, 2.05) is 7.05 Å². The highest BCUT2D eigenvalue weighted by molar-refractivity contribution is 5.93. The van der Waals surface area contributed by atoms with E-state index in [0.29, 0.717) is 36.1 Å². The maximum atomic E-state index is 14.3. The minimum Gasteiger partial charge on any atom is -0.342 e. The summed E-state index contributed by atoms with van der Waals surface area (Å²) in [6, 6.07) is 4.30. The van der Waals surface area contributed by atoms with Gasteiger partial charge in [-0.25, -0.2) is 8.78 Å². The second kappa shape index (κ2) is 7.76. The molecule has 4 nitrogen and oxygen atoms in total. The summed E-state index contributed by atoms with van der Waals surface area (Å²) in [7, 11) is 2.03. The van der Waals surface area contributed by atoms with E-state index >= 15 is 0 Å². The second-order valence-electron chi connectivity index (χ2n) is 13.0. The van der Waals surface area contributed by atoms with Gasteiger partial charge in [0.25, 0.3) is 0 Å². The van der Waals surface area contributed by atoms with E-state index in [-0.39, 0.29) is 33.8 Å². The molecule has 0 bridgehead atoms. The predicted molar refractivity (Wildman–Crippen MR) is 130 cm³/mol. The maximum Gasteiger partial charge on any atom is 0.228 e. The topological polar surface area (TPSA) is 49.4 Å². The van der Waals surface area contributed by atoms with Crippen molar-refractivity contribution in [2.45, 2.75) is 84.1 Å². The zero-order valence-electron chi connectivity index (χ0n) is 21.2. The average molecular weight is 485 g/mol. The Morgan fingerprint density at radius 2 is 1.77 bits per heavy atom. The summed E-state index contributed by atoms with van der Waals surface area (Å²) in [6.07, 6.45) is 10.2. The van der Waals surface area contributed by atoms with Crippen LogP contribution in [0.4, 0.5) is 14.5 Å². The van der Waals surface area contributed by atoms with Crippen LogP contribution < -0.4 is 5.32 Å². The van der Waals surface area contributed by atoms with Crippen LogP contribution in [-0.4, -0.2) is 29.8 Å². The molecule has 0 radical (unpaired) electrons. The number of carbonyl (C=O) groups is 2. The lowest BCUT2D eigenvalue weighted by Crippen LogP contribution is -2.66. The molecule has 1 aliphatic heterocycles. The third kappa shape index (κ3) is 3.26. The Bertz CT molecular complexity index is 1070. The van der Waals surface area contributed by atoms with Crippen molar-refractivity contribution in [3.8, 4) is 0 Å². The van der Waals surface area contributed by atoms with Gasteiger partial charge < -0.3 is 10.2 Å². The van der Waals surface area contributed by atoms with Crippen molar-refractivity contribution >= 4 is 17.5 Å². The van der Waals surface area contributed by atoms with Crippen molar-refractivity contribution in [3.63, 3.8) is 0 Å². The molecule has 4 aliphatic carbocycles. The molecule has 1 aromatic rings. The number of anilines is 1. The standard InChI is InChI=1S/C29H38F2N2O2/c1-27-12-10-19-17(16-29(14-15-29)26-28(19,2)13-11-23(34)33(26)3)18(27)6-4-7-20(27)25(35)32-22-9-5-8-21(30)24(22)31/h5,8-9,17-20,26H,4,6-7,10-16H2,1-3H3,(H,32,35)/t17?,18?,19?,20-,26?,27+,28-/m1/s1. The Morgan fingerprint density at radius 1 is 1.03 bits per heavy atom. The normalized spacial score (nSPS) is 41.6. The minimum absolute atomic E-state index is 0.0609. The lowest BCUT2D eigenvalue weighted by Gasteiger charge is -2.66. The molecule has 6 rings (SSSR count). The zero-order chi connectivity index (χ0) is 24.8. The Balaban J connectivity index is 1.30. The van der Waals surface area contributed by atoms with E-state index in [0.717, 1.165) is 44.6 Å². The summed E-state index contributed by atoms with van der Waals surface area (Å²) in [5.41, 5.74) is 0.194. The predicted octanol–water partition coefficient (Wildman–Crippen LogP) is 6.16. The summed E-state index contributed by atoms with van der Waals surface area (Å²) < 4.78 is 28.1.